The number of anilines is 2. The SMILES string of the molecule is CC(C)c1nc(N)cc(N2CCSC(C)(C)CC2)n1. The van der Waals surface area contributed by atoms with Gasteiger partial charge in [-0.1, -0.05) is 27.7 Å². The first-order chi connectivity index (χ1) is 8.87. The van der Waals surface area contributed by atoms with Crippen LogP contribution in [-0.2, 0) is 0 Å². The highest BCUT2D eigenvalue weighted by Crippen LogP contribution is 2.32. The number of nitrogens with two attached hydrogens (primary N) is 1. The van der Waals surface area contributed by atoms with E-state index in [1.54, 1.807) is 0 Å². The molecule has 0 spiro atoms. The van der Waals surface area contributed by atoms with E-state index in [4.69, 9.17) is 5.73 Å². The van der Waals surface area contributed by atoms with Crippen LogP contribution in [0, 0.1) is 0 Å². The maximum absolute atomic E-state index is 5.91. The Hall–Kier alpha value is -0.970. The molecule has 0 saturated carbocycles. The Labute approximate surface area is 120 Å². The zero-order valence-corrected chi connectivity index (χ0v) is 13.1. The monoisotopic (exact) mass is 280 g/mol. The van der Waals surface area contributed by atoms with Gasteiger partial charge in [-0.2, -0.15) is 11.8 Å². The Bertz CT molecular complexity index is 445. The Morgan fingerprint density at radius 2 is 2.05 bits per heavy atom. The van der Waals surface area contributed by atoms with Crippen LogP contribution < -0.4 is 10.6 Å². The summed E-state index contributed by atoms with van der Waals surface area (Å²) in [6, 6.07) is 1.90. The maximum atomic E-state index is 5.91. The second kappa shape index (κ2) is 5.57. The van der Waals surface area contributed by atoms with Crippen molar-refractivity contribution < 1.29 is 0 Å². The van der Waals surface area contributed by atoms with Gasteiger partial charge in [0.15, 0.2) is 0 Å². The fraction of sp³-hybridized carbons (Fsp3) is 0.714. The highest BCUT2D eigenvalue weighted by atomic mass is 32.2. The predicted molar refractivity (Wildman–Crippen MR) is 83.9 cm³/mol. The summed E-state index contributed by atoms with van der Waals surface area (Å²) in [5, 5.41) is 0. The average Bonchev–Trinajstić information content (AvgIpc) is 2.49. The van der Waals surface area contributed by atoms with Gasteiger partial charge in [0.1, 0.15) is 17.5 Å². The van der Waals surface area contributed by atoms with Gasteiger partial charge >= 0.3 is 0 Å². The minimum Gasteiger partial charge on any atom is -0.384 e. The van der Waals surface area contributed by atoms with E-state index >= 15 is 0 Å². The summed E-state index contributed by atoms with van der Waals surface area (Å²) < 4.78 is 0.355. The zero-order valence-electron chi connectivity index (χ0n) is 12.3. The second-order valence-corrected chi connectivity index (χ2v) is 7.81. The van der Waals surface area contributed by atoms with Gasteiger partial charge in [0.05, 0.1) is 0 Å². The molecule has 106 valence electrons. The van der Waals surface area contributed by atoms with Crippen molar-refractivity contribution in [3.05, 3.63) is 11.9 Å². The molecule has 1 fully saturated rings. The van der Waals surface area contributed by atoms with E-state index < -0.39 is 0 Å². The summed E-state index contributed by atoms with van der Waals surface area (Å²) in [7, 11) is 0. The third-order valence-electron chi connectivity index (χ3n) is 3.43. The fourth-order valence-corrected chi connectivity index (χ4v) is 3.24. The number of nitrogen functional groups attached to an aromatic ring is 1. The zero-order chi connectivity index (χ0) is 14.0. The molecule has 1 aliphatic heterocycles. The summed E-state index contributed by atoms with van der Waals surface area (Å²) in [4.78, 5) is 11.3. The van der Waals surface area contributed by atoms with E-state index in [2.05, 4.69) is 42.6 Å². The van der Waals surface area contributed by atoms with Crippen molar-refractivity contribution in [1.82, 2.24) is 9.97 Å². The molecule has 0 radical (unpaired) electrons. The molecule has 2 rings (SSSR count). The van der Waals surface area contributed by atoms with E-state index in [9.17, 15) is 0 Å². The smallest absolute Gasteiger partial charge is 0.135 e. The number of hydrogen-bond donors (Lipinski definition) is 1. The summed E-state index contributed by atoms with van der Waals surface area (Å²) in [5.41, 5.74) is 5.91. The lowest BCUT2D eigenvalue weighted by molar-refractivity contribution is 0.633. The standard InChI is InChI=1S/C14H24N4S/c1-10(2)13-16-11(15)9-12(17-13)18-6-5-14(3,4)19-8-7-18/h9-10H,5-8H2,1-4H3,(H2,15,16,17). The van der Waals surface area contributed by atoms with Crippen LogP contribution in [-0.4, -0.2) is 33.6 Å². The Morgan fingerprint density at radius 3 is 2.74 bits per heavy atom. The minimum absolute atomic E-state index is 0.306. The normalized spacial score (nSPS) is 19.5. The molecule has 4 nitrogen and oxygen atoms in total. The number of thioether (sulfide) groups is 1. The van der Waals surface area contributed by atoms with Crippen LogP contribution in [0.5, 0.6) is 0 Å². The Morgan fingerprint density at radius 1 is 1.32 bits per heavy atom. The lowest BCUT2D eigenvalue weighted by atomic mass is 10.1. The van der Waals surface area contributed by atoms with Gasteiger partial charge in [-0.15, -0.1) is 0 Å². The van der Waals surface area contributed by atoms with E-state index in [0.717, 1.165) is 30.5 Å². The van der Waals surface area contributed by atoms with Crippen molar-refractivity contribution in [2.45, 2.75) is 44.8 Å². The first kappa shape index (κ1) is 14.4. The lowest BCUT2D eigenvalue weighted by Gasteiger charge is -2.24. The van der Waals surface area contributed by atoms with Gasteiger partial charge in [-0.05, 0) is 6.42 Å². The fourth-order valence-electron chi connectivity index (χ4n) is 2.14. The first-order valence-corrected chi connectivity index (χ1v) is 7.89. The summed E-state index contributed by atoms with van der Waals surface area (Å²) in [6.45, 7) is 10.9. The molecule has 1 saturated heterocycles. The number of nitrogens with zero attached hydrogens (tertiary/aromatic N) is 3. The predicted octanol–water partition coefficient (Wildman–Crippen LogP) is 2.90. The quantitative estimate of drug-likeness (QED) is 0.902. The van der Waals surface area contributed by atoms with Gasteiger partial charge in [0, 0.05) is 35.6 Å². The third kappa shape index (κ3) is 3.75. The molecule has 1 aromatic heterocycles. The van der Waals surface area contributed by atoms with E-state index in [-0.39, 0.29) is 0 Å². The summed E-state index contributed by atoms with van der Waals surface area (Å²) in [5.74, 6) is 3.83. The molecule has 19 heavy (non-hydrogen) atoms. The molecule has 1 aromatic rings. The van der Waals surface area contributed by atoms with Crippen LogP contribution in [0.4, 0.5) is 11.6 Å². The Kier molecular flexibility index (Phi) is 4.23. The first-order valence-electron chi connectivity index (χ1n) is 6.91. The lowest BCUT2D eigenvalue weighted by Crippen LogP contribution is -2.28. The highest BCUT2D eigenvalue weighted by Gasteiger charge is 2.24. The molecular weight excluding hydrogens is 256 g/mol. The van der Waals surface area contributed by atoms with Crippen molar-refractivity contribution in [1.29, 1.82) is 0 Å². The van der Waals surface area contributed by atoms with Gasteiger partial charge in [0.25, 0.3) is 0 Å². The average molecular weight is 280 g/mol. The van der Waals surface area contributed by atoms with Crippen LogP contribution >= 0.6 is 11.8 Å². The number of hydrogen-bond acceptors (Lipinski definition) is 5. The van der Waals surface area contributed by atoms with Crippen LogP contribution in [0.1, 0.15) is 45.9 Å². The van der Waals surface area contributed by atoms with E-state index in [1.165, 1.54) is 6.42 Å². The topological polar surface area (TPSA) is 55.0 Å². The van der Waals surface area contributed by atoms with E-state index in [0.29, 0.717) is 16.5 Å². The van der Waals surface area contributed by atoms with Gasteiger partial charge < -0.3 is 10.6 Å². The van der Waals surface area contributed by atoms with Crippen molar-refractivity contribution in [2.24, 2.45) is 0 Å². The molecule has 0 amide bonds. The molecule has 0 aliphatic carbocycles. The van der Waals surface area contributed by atoms with Crippen molar-refractivity contribution in [3.8, 4) is 0 Å². The maximum Gasteiger partial charge on any atom is 0.135 e. The molecule has 5 heteroatoms. The van der Waals surface area contributed by atoms with Crippen LogP contribution in [0.15, 0.2) is 6.07 Å². The molecule has 0 aromatic carbocycles. The molecule has 0 atom stereocenters. The molecular formula is C14H24N4S. The summed E-state index contributed by atoms with van der Waals surface area (Å²) in [6.07, 6.45) is 1.17. The largest absolute Gasteiger partial charge is 0.384 e. The van der Waals surface area contributed by atoms with Crippen LogP contribution in [0.2, 0.25) is 0 Å². The summed E-state index contributed by atoms with van der Waals surface area (Å²) >= 11 is 2.04. The van der Waals surface area contributed by atoms with Crippen LogP contribution in [0.3, 0.4) is 0 Å². The van der Waals surface area contributed by atoms with Crippen molar-refractivity contribution in [3.63, 3.8) is 0 Å². The van der Waals surface area contributed by atoms with Gasteiger partial charge in [-0.3, -0.25) is 0 Å². The molecule has 0 unspecified atom stereocenters. The number of rotatable bonds is 2. The van der Waals surface area contributed by atoms with Gasteiger partial charge in [0.2, 0.25) is 0 Å². The minimum atomic E-state index is 0.306. The Balaban J connectivity index is 2.21. The molecule has 2 heterocycles. The molecule has 1 aliphatic rings. The molecule has 0 bridgehead atoms. The highest BCUT2D eigenvalue weighted by molar-refractivity contribution is 8.00. The second-order valence-electron chi connectivity index (χ2n) is 6.01. The third-order valence-corrected chi connectivity index (χ3v) is 4.80. The van der Waals surface area contributed by atoms with E-state index in [1.807, 2.05) is 17.8 Å². The van der Waals surface area contributed by atoms with Crippen LogP contribution in [0.25, 0.3) is 0 Å². The van der Waals surface area contributed by atoms with Gasteiger partial charge in [-0.25, -0.2) is 9.97 Å². The molecule has 2 N–H and O–H groups in total. The van der Waals surface area contributed by atoms with Crippen molar-refractivity contribution in [2.75, 3.05) is 29.5 Å². The van der Waals surface area contributed by atoms with Crippen molar-refractivity contribution >= 4 is 23.4 Å². The number of aromatic nitrogens is 2.